The van der Waals surface area contributed by atoms with Crippen LogP contribution < -0.4 is 0 Å². The summed E-state index contributed by atoms with van der Waals surface area (Å²) >= 11 is 0. The van der Waals surface area contributed by atoms with E-state index in [0.717, 1.165) is 25.9 Å². The molecule has 2 heterocycles. The van der Waals surface area contributed by atoms with Gasteiger partial charge >= 0.3 is 5.97 Å². The molecule has 6 nitrogen and oxygen atoms in total. The molecular formula is C16H28N2O4. The van der Waals surface area contributed by atoms with Gasteiger partial charge in [-0.15, -0.1) is 0 Å². The predicted octanol–water partition coefficient (Wildman–Crippen LogP) is 0.899. The van der Waals surface area contributed by atoms with Gasteiger partial charge in [-0.2, -0.15) is 0 Å². The minimum atomic E-state index is -0.443. The molecule has 0 aliphatic carbocycles. The zero-order valence-corrected chi connectivity index (χ0v) is 14.0. The highest BCUT2D eigenvalue weighted by Crippen LogP contribution is 2.20. The minimum Gasteiger partial charge on any atom is -0.459 e. The molecule has 1 amide bonds. The molecule has 126 valence electrons. The molecule has 0 aromatic carbocycles. The number of piperidine rings is 1. The number of hydrogen-bond donors (Lipinski definition) is 0. The Morgan fingerprint density at radius 1 is 1.09 bits per heavy atom. The summed E-state index contributed by atoms with van der Waals surface area (Å²) in [6.07, 6.45) is 1.64. The van der Waals surface area contributed by atoms with E-state index in [2.05, 4.69) is 4.90 Å². The van der Waals surface area contributed by atoms with E-state index in [1.807, 2.05) is 25.7 Å². The van der Waals surface area contributed by atoms with Crippen LogP contribution in [0, 0.1) is 5.92 Å². The van der Waals surface area contributed by atoms with E-state index in [4.69, 9.17) is 9.47 Å². The lowest BCUT2D eigenvalue weighted by molar-refractivity contribution is -0.156. The first-order valence-corrected chi connectivity index (χ1v) is 8.16. The molecule has 0 bridgehead atoms. The van der Waals surface area contributed by atoms with Crippen molar-refractivity contribution >= 4 is 11.9 Å². The second-order valence-electron chi connectivity index (χ2n) is 7.07. The van der Waals surface area contributed by atoms with E-state index in [-0.39, 0.29) is 17.8 Å². The van der Waals surface area contributed by atoms with Crippen LogP contribution in [0.4, 0.5) is 0 Å². The third-order valence-electron chi connectivity index (χ3n) is 4.03. The van der Waals surface area contributed by atoms with Crippen LogP contribution in [0.2, 0.25) is 0 Å². The van der Waals surface area contributed by atoms with E-state index in [1.165, 1.54) is 0 Å². The van der Waals surface area contributed by atoms with Crippen LogP contribution in [-0.2, 0) is 19.1 Å². The van der Waals surface area contributed by atoms with Crippen LogP contribution >= 0.6 is 0 Å². The topological polar surface area (TPSA) is 59.1 Å². The first-order valence-electron chi connectivity index (χ1n) is 8.16. The predicted molar refractivity (Wildman–Crippen MR) is 82.4 cm³/mol. The minimum absolute atomic E-state index is 0.0907. The van der Waals surface area contributed by atoms with Crippen LogP contribution in [0.1, 0.15) is 33.6 Å². The van der Waals surface area contributed by atoms with Gasteiger partial charge in [-0.25, -0.2) is 0 Å². The number of hydrogen-bond acceptors (Lipinski definition) is 5. The summed E-state index contributed by atoms with van der Waals surface area (Å²) in [6.45, 7) is 10.2. The monoisotopic (exact) mass is 312 g/mol. The smallest absolute Gasteiger partial charge is 0.320 e. The van der Waals surface area contributed by atoms with E-state index in [0.29, 0.717) is 32.8 Å². The van der Waals surface area contributed by atoms with Crippen molar-refractivity contribution in [2.45, 2.75) is 39.2 Å². The maximum Gasteiger partial charge on any atom is 0.320 e. The van der Waals surface area contributed by atoms with Crippen molar-refractivity contribution in [3.05, 3.63) is 0 Å². The van der Waals surface area contributed by atoms with E-state index in [1.54, 1.807) is 0 Å². The third-order valence-corrected chi connectivity index (χ3v) is 4.03. The molecule has 0 atom stereocenters. The third kappa shape index (κ3) is 5.25. The molecule has 2 aliphatic rings. The van der Waals surface area contributed by atoms with Gasteiger partial charge in [0.05, 0.1) is 19.8 Å². The standard InChI is InChI=1S/C16H28N2O4/c1-16(2,3)22-14(19)12-17-6-4-13(5-7-17)15(20)18-8-10-21-11-9-18/h13H,4-12H2,1-3H3. The van der Waals surface area contributed by atoms with Gasteiger partial charge in [0, 0.05) is 19.0 Å². The molecule has 0 N–H and O–H groups in total. The maximum atomic E-state index is 12.4. The quantitative estimate of drug-likeness (QED) is 0.725. The Bertz CT molecular complexity index is 391. The molecule has 0 aromatic heterocycles. The van der Waals surface area contributed by atoms with Crippen molar-refractivity contribution in [1.82, 2.24) is 9.80 Å². The summed E-state index contributed by atoms with van der Waals surface area (Å²) in [7, 11) is 0. The number of morpholine rings is 1. The van der Waals surface area contributed by atoms with Crippen LogP contribution in [0.25, 0.3) is 0 Å². The van der Waals surface area contributed by atoms with Gasteiger partial charge in [-0.05, 0) is 46.7 Å². The Balaban J connectivity index is 1.73. The maximum absolute atomic E-state index is 12.4. The fourth-order valence-corrected chi connectivity index (χ4v) is 2.94. The van der Waals surface area contributed by atoms with Crippen LogP contribution in [0.15, 0.2) is 0 Å². The van der Waals surface area contributed by atoms with Crippen molar-refractivity contribution in [2.24, 2.45) is 5.92 Å². The first-order chi connectivity index (χ1) is 10.3. The largest absolute Gasteiger partial charge is 0.459 e. The summed E-state index contributed by atoms with van der Waals surface area (Å²) in [4.78, 5) is 28.3. The number of esters is 1. The molecule has 22 heavy (non-hydrogen) atoms. The molecule has 0 radical (unpaired) electrons. The molecule has 0 spiro atoms. The highest BCUT2D eigenvalue weighted by atomic mass is 16.6. The average molecular weight is 312 g/mol. The lowest BCUT2D eigenvalue weighted by atomic mass is 9.95. The number of carbonyl (C=O) groups is 2. The van der Waals surface area contributed by atoms with Crippen molar-refractivity contribution in [3.8, 4) is 0 Å². The number of rotatable bonds is 3. The van der Waals surface area contributed by atoms with Crippen molar-refractivity contribution in [2.75, 3.05) is 45.9 Å². The summed E-state index contributed by atoms with van der Waals surface area (Å²) in [6, 6.07) is 0. The van der Waals surface area contributed by atoms with Crippen LogP contribution in [-0.4, -0.2) is 73.2 Å². The fourth-order valence-electron chi connectivity index (χ4n) is 2.94. The molecule has 2 saturated heterocycles. The average Bonchev–Trinajstić information content (AvgIpc) is 2.46. The van der Waals surface area contributed by atoms with Crippen molar-refractivity contribution < 1.29 is 19.1 Å². The van der Waals surface area contributed by atoms with Gasteiger partial charge in [0.1, 0.15) is 5.60 Å². The van der Waals surface area contributed by atoms with Gasteiger partial charge in [0.25, 0.3) is 0 Å². The molecule has 0 saturated carbocycles. The fraction of sp³-hybridized carbons (Fsp3) is 0.875. The molecule has 0 aromatic rings. The van der Waals surface area contributed by atoms with Crippen LogP contribution in [0.3, 0.4) is 0 Å². The van der Waals surface area contributed by atoms with Gasteiger partial charge < -0.3 is 14.4 Å². The van der Waals surface area contributed by atoms with Gasteiger partial charge in [0.2, 0.25) is 5.91 Å². The van der Waals surface area contributed by atoms with E-state index in [9.17, 15) is 9.59 Å². The number of ether oxygens (including phenoxy) is 2. The Morgan fingerprint density at radius 2 is 1.68 bits per heavy atom. The number of likely N-dealkylation sites (tertiary alicyclic amines) is 1. The zero-order chi connectivity index (χ0) is 16.2. The first kappa shape index (κ1) is 17.2. The van der Waals surface area contributed by atoms with E-state index < -0.39 is 5.60 Å². The Morgan fingerprint density at radius 3 is 2.23 bits per heavy atom. The highest BCUT2D eigenvalue weighted by molar-refractivity contribution is 5.79. The molecule has 0 unspecified atom stereocenters. The molecule has 2 rings (SSSR count). The second kappa shape index (κ2) is 7.42. The lowest BCUT2D eigenvalue weighted by Crippen LogP contribution is -2.47. The Hall–Kier alpha value is -1.14. The van der Waals surface area contributed by atoms with Gasteiger partial charge in [0.15, 0.2) is 0 Å². The van der Waals surface area contributed by atoms with Crippen LogP contribution in [0.5, 0.6) is 0 Å². The SMILES string of the molecule is CC(C)(C)OC(=O)CN1CCC(C(=O)N2CCOCC2)CC1. The molecular weight excluding hydrogens is 284 g/mol. The van der Waals surface area contributed by atoms with Crippen molar-refractivity contribution in [3.63, 3.8) is 0 Å². The summed E-state index contributed by atoms with van der Waals surface area (Å²) in [5.74, 6) is 0.152. The summed E-state index contributed by atoms with van der Waals surface area (Å²) in [5, 5.41) is 0. The normalized spacial score (nSPS) is 21.7. The molecule has 6 heteroatoms. The highest BCUT2D eigenvalue weighted by Gasteiger charge is 2.30. The Labute approximate surface area is 132 Å². The molecule has 2 fully saturated rings. The van der Waals surface area contributed by atoms with Crippen molar-refractivity contribution in [1.29, 1.82) is 0 Å². The lowest BCUT2D eigenvalue weighted by Gasteiger charge is -2.35. The number of nitrogens with zero attached hydrogens (tertiary/aromatic N) is 2. The second-order valence-corrected chi connectivity index (χ2v) is 7.07. The number of amides is 1. The summed E-state index contributed by atoms with van der Waals surface area (Å²) in [5.41, 5.74) is -0.443. The van der Waals surface area contributed by atoms with Gasteiger partial charge in [-0.1, -0.05) is 0 Å². The van der Waals surface area contributed by atoms with E-state index >= 15 is 0 Å². The zero-order valence-electron chi connectivity index (χ0n) is 14.0. The van der Waals surface area contributed by atoms with Gasteiger partial charge in [-0.3, -0.25) is 14.5 Å². The Kier molecular flexibility index (Phi) is 5.81. The molecule has 2 aliphatic heterocycles. The number of carbonyl (C=O) groups excluding carboxylic acids is 2. The summed E-state index contributed by atoms with van der Waals surface area (Å²) < 4.78 is 10.6.